The Bertz CT molecular complexity index is 625. The molecule has 9 heteroatoms. The summed E-state index contributed by atoms with van der Waals surface area (Å²) in [5.74, 6) is -1.15. The Kier molecular flexibility index (Phi) is 5.27. The van der Waals surface area contributed by atoms with E-state index in [2.05, 4.69) is 4.98 Å². The summed E-state index contributed by atoms with van der Waals surface area (Å²) in [4.78, 5) is 3.76. The molecule has 0 amide bonds. The molecule has 108 valence electrons. The van der Waals surface area contributed by atoms with E-state index in [-0.39, 0.29) is 10.8 Å². The van der Waals surface area contributed by atoms with Crippen molar-refractivity contribution in [2.45, 2.75) is 18.4 Å². The van der Waals surface area contributed by atoms with Crippen LogP contribution in [-0.2, 0) is 19.9 Å². The fraction of sp³-hybridized carbons (Fsp3) is 0.500. The van der Waals surface area contributed by atoms with Gasteiger partial charge in [-0.05, 0) is 18.6 Å². The van der Waals surface area contributed by atoms with Crippen LogP contribution in [0.5, 0.6) is 5.75 Å². The number of aromatic nitrogens is 1. The summed E-state index contributed by atoms with van der Waals surface area (Å²) in [6.45, 7) is 2.23. The molecule has 0 spiro atoms. The number of rotatable bonds is 7. The van der Waals surface area contributed by atoms with Crippen LogP contribution in [0.25, 0.3) is 0 Å². The minimum absolute atomic E-state index is 0.124. The van der Waals surface area contributed by atoms with Gasteiger partial charge in [0.15, 0.2) is 20.6 Å². The summed E-state index contributed by atoms with van der Waals surface area (Å²) in [5, 5.41) is 4.54. The van der Waals surface area contributed by atoms with Crippen molar-refractivity contribution < 1.29 is 21.6 Å². The van der Waals surface area contributed by atoms with Crippen LogP contribution in [0.15, 0.2) is 23.4 Å². The third kappa shape index (κ3) is 5.13. The number of ether oxygens (including phenoxy) is 1. The lowest BCUT2D eigenvalue weighted by Gasteiger charge is -2.09. The molecule has 0 saturated heterocycles. The summed E-state index contributed by atoms with van der Waals surface area (Å²) in [5.41, 5.74) is 0. The molecule has 1 heterocycles. The number of primary sulfonamides is 1. The van der Waals surface area contributed by atoms with Crippen LogP contribution >= 0.6 is 0 Å². The zero-order valence-corrected chi connectivity index (χ0v) is 12.1. The Morgan fingerprint density at radius 2 is 1.95 bits per heavy atom. The molecule has 0 bridgehead atoms. The molecule has 2 N–H and O–H groups in total. The highest BCUT2D eigenvalue weighted by Gasteiger charge is 2.23. The van der Waals surface area contributed by atoms with Crippen molar-refractivity contribution in [3.8, 4) is 5.75 Å². The van der Waals surface area contributed by atoms with Gasteiger partial charge in [-0.2, -0.15) is 0 Å². The second-order valence-electron chi connectivity index (χ2n) is 3.84. The number of hydrogen-bond acceptors (Lipinski definition) is 6. The van der Waals surface area contributed by atoms with E-state index >= 15 is 0 Å². The second kappa shape index (κ2) is 6.31. The second-order valence-corrected chi connectivity index (χ2v) is 7.60. The van der Waals surface area contributed by atoms with Gasteiger partial charge in [-0.25, -0.2) is 27.0 Å². The maximum atomic E-state index is 12.0. The van der Waals surface area contributed by atoms with Gasteiger partial charge in [0, 0.05) is 6.20 Å². The van der Waals surface area contributed by atoms with Gasteiger partial charge in [0.1, 0.15) is 0 Å². The lowest BCUT2D eigenvalue weighted by atomic mass is 10.4. The number of sulfonamides is 1. The Morgan fingerprint density at radius 3 is 2.53 bits per heavy atom. The molecule has 0 aliphatic heterocycles. The van der Waals surface area contributed by atoms with Gasteiger partial charge in [0.2, 0.25) is 10.0 Å². The maximum absolute atomic E-state index is 12.0. The number of sulfone groups is 1. The topological polar surface area (TPSA) is 116 Å². The molecule has 7 nitrogen and oxygen atoms in total. The lowest BCUT2D eigenvalue weighted by Crippen LogP contribution is -2.24. The van der Waals surface area contributed by atoms with Crippen LogP contribution < -0.4 is 9.88 Å². The van der Waals surface area contributed by atoms with Crippen LogP contribution in [0.1, 0.15) is 13.3 Å². The largest absolute Gasteiger partial charge is 0.491 e. The monoisotopic (exact) mass is 308 g/mol. The molecule has 0 atom stereocenters. The number of pyridine rings is 1. The summed E-state index contributed by atoms with van der Waals surface area (Å²) in [6, 6.07) is 3.02. The number of hydrogen-bond donors (Lipinski definition) is 1. The first-order chi connectivity index (χ1) is 8.76. The van der Waals surface area contributed by atoms with Gasteiger partial charge in [0.25, 0.3) is 0 Å². The van der Waals surface area contributed by atoms with E-state index in [1.807, 2.05) is 6.92 Å². The molecular weight excluding hydrogens is 292 g/mol. The number of nitrogens with two attached hydrogens (primary N) is 1. The predicted octanol–water partition coefficient (Wildman–Crippen LogP) is -0.0674. The molecule has 0 aliphatic carbocycles. The van der Waals surface area contributed by atoms with E-state index in [1.54, 1.807) is 6.07 Å². The van der Waals surface area contributed by atoms with Crippen LogP contribution in [-0.4, -0.2) is 39.9 Å². The lowest BCUT2D eigenvalue weighted by molar-refractivity contribution is 0.306. The number of nitrogens with zero attached hydrogens (tertiary/aromatic N) is 1. The molecule has 0 fully saturated rings. The van der Waals surface area contributed by atoms with Gasteiger partial charge in [-0.3, -0.25) is 0 Å². The predicted molar refractivity (Wildman–Crippen MR) is 70.1 cm³/mol. The molecule has 19 heavy (non-hydrogen) atoms. The van der Waals surface area contributed by atoms with E-state index in [0.717, 1.165) is 0 Å². The zero-order chi connectivity index (χ0) is 14.5. The highest BCUT2D eigenvalue weighted by atomic mass is 32.2. The third-order valence-corrected chi connectivity index (χ3v) is 4.80. The smallest absolute Gasteiger partial charge is 0.210 e. The highest BCUT2D eigenvalue weighted by molar-refractivity contribution is 7.94. The molecular formula is C10H16N2O5S2. The molecule has 0 radical (unpaired) electrons. The Labute approximate surface area is 112 Å². The summed E-state index contributed by atoms with van der Waals surface area (Å²) in [7, 11) is -7.69. The fourth-order valence-corrected chi connectivity index (χ4v) is 3.91. The normalized spacial score (nSPS) is 12.3. The van der Waals surface area contributed by atoms with Crippen LogP contribution in [0, 0.1) is 0 Å². The van der Waals surface area contributed by atoms with Crippen LogP contribution in [0.3, 0.4) is 0 Å². The third-order valence-electron chi connectivity index (χ3n) is 2.13. The van der Waals surface area contributed by atoms with Crippen molar-refractivity contribution >= 4 is 19.9 Å². The van der Waals surface area contributed by atoms with Crippen molar-refractivity contribution in [1.29, 1.82) is 0 Å². The Hall–Kier alpha value is -1.19. The first-order valence-corrected chi connectivity index (χ1v) is 8.94. The van der Waals surface area contributed by atoms with Crippen LogP contribution in [0.4, 0.5) is 0 Å². The van der Waals surface area contributed by atoms with E-state index < -0.39 is 31.4 Å². The highest BCUT2D eigenvalue weighted by Crippen LogP contribution is 2.22. The van der Waals surface area contributed by atoms with Gasteiger partial charge in [-0.15, -0.1) is 0 Å². The van der Waals surface area contributed by atoms with Gasteiger partial charge >= 0.3 is 0 Å². The van der Waals surface area contributed by atoms with E-state index in [9.17, 15) is 16.8 Å². The summed E-state index contributed by atoms with van der Waals surface area (Å²) < 4.78 is 50.9. The fourth-order valence-electron chi connectivity index (χ4n) is 1.25. The molecule has 1 rings (SSSR count). The Morgan fingerprint density at radius 1 is 1.26 bits per heavy atom. The average Bonchev–Trinajstić information content (AvgIpc) is 2.34. The van der Waals surface area contributed by atoms with Gasteiger partial charge in [-0.1, -0.05) is 6.92 Å². The van der Waals surface area contributed by atoms with E-state index in [1.165, 1.54) is 12.3 Å². The molecule has 1 aromatic rings. The van der Waals surface area contributed by atoms with Crippen molar-refractivity contribution in [2.24, 2.45) is 5.14 Å². The quantitative estimate of drug-likeness (QED) is 0.753. The molecule has 1 aromatic heterocycles. The average molecular weight is 308 g/mol. The Balaban J connectivity index is 3.00. The van der Waals surface area contributed by atoms with E-state index in [4.69, 9.17) is 9.88 Å². The first-order valence-electron chi connectivity index (χ1n) is 5.57. The van der Waals surface area contributed by atoms with Crippen LogP contribution in [0.2, 0.25) is 0 Å². The molecule has 0 saturated carbocycles. The minimum Gasteiger partial charge on any atom is -0.491 e. The summed E-state index contributed by atoms with van der Waals surface area (Å²) in [6.07, 6.45) is 2.02. The molecule has 0 unspecified atom stereocenters. The zero-order valence-electron chi connectivity index (χ0n) is 10.4. The SMILES string of the molecule is CCCOc1cccnc1S(=O)(=O)CCS(N)(=O)=O. The first kappa shape index (κ1) is 15.9. The molecule has 0 aromatic carbocycles. The standard InChI is InChI=1S/C10H16N2O5S2/c1-2-6-17-9-4-3-5-12-10(9)18(13,14)7-8-19(11,15)16/h3-5H,2,6-8H2,1H3,(H2,11,15,16). The van der Waals surface area contributed by atoms with Gasteiger partial charge in [0.05, 0.1) is 18.1 Å². The van der Waals surface area contributed by atoms with Crippen molar-refractivity contribution in [1.82, 2.24) is 4.98 Å². The van der Waals surface area contributed by atoms with E-state index in [0.29, 0.717) is 13.0 Å². The minimum atomic E-state index is -3.85. The van der Waals surface area contributed by atoms with Crippen molar-refractivity contribution in [2.75, 3.05) is 18.1 Å². The molecule has 0 aliphatic rings. The van der Waals surface area contributed by atoms with Gasteiger partial charge < -0.3 is 4.74 Å². The maximum Gasteiger partial charge on any atom is 0.210 e. The van der Waals surface area contributed by atoms with Crippen molar-refractivity contribution in [3.63, 3.8) is 0 Å². The summed E-state index contributed by atoms with van der Waals surface area (Å²) >= 11 is 0. The van der Waals surface area contributed by atoms with Crippen molar-refractivity contribution in [3.05, 3.63) is 18.3 Å².